The van der Waals surface area contributed by atoms with Gasteiger partial charge in [0.2, 0.25) is 0 Å². The number of hydrogen-bond donors (Lipinski definition) is 1. The Morgan fingerprint density at radius 3 is 1.79 bits per heavy atom. The molecule has 5 nitrogen and oxygen atoms in total. The van der Waals surface area contributed by atoms with E-state index in [1.165, 1.54) is 0 Å². The van der Waals surface area contributed by atoms with Crippen LogP contribution in [-0.4, -0.2) is 37.2 Å². The van der Waals surface area contributed by atoms with Crippen LogP contribution in [0.2, 0.25) is 0 Å². The highest BCUT2D eigenvalue weighted by atomic mass is 35.5. The molecule has 2 unspecified atom stereocenters. The largest absolute Gasteiger partial charge is 0.466 e. The average Bonchev–Trinajstić information content (AvgIpc) is 2.29. The molecule has 1 saturated heterocycles. The second kappa shape index (κ2) is 10.0. The van der Waals surface area contributed by atoms with E-state index in [-0.39, 0.29) is 36.4 Å². The predicted octanol–water partition coefficient (Wildman–Crippen LogP) is 1.83. The second-order valence-electron chi connectivity index (χ2n) is 4.51. The van der Waals surface area contributed by atoms with Crippen molar-refractivity contribution in [2.75, 3.05) is 13.2 Å². The van der Waals surface area contributed by atoms with Crippen LogP contribution < -0.4 is 5.32 Å². The number of piperidine rings is 1. The molecule has 1 N–H and O–H groups in total. The predicted molar refractivity (Wildman–Crippen MR) is 74.3 cm³/mol. The van der Waals surface area contributed by atoms with Gasteiger partial charge >= 0.3 is 11.9 Å². The number of halogens is 1. The fraction of sp³-hybridized carbons (Fsp3) is 0.846. The zero-order valence-electron chi connectivity index (χ0n) is 11.6. The maximum atomic E-state index is 11.4. The van der Waals surface area contributed by atoms with Crippen LogP contribution in [0.4, 0.5) is 0 Å². The third kappa shape index (κ3) is 7.38. The van der Waals surface area contributed by atoms with E-state index in [1.807, 2.05) is 0 Å². The molecular formula is C13H24ClNO4. The highest BCUT2D eigenvalue weighted by Gasteiger charge is 2.25. The van der Waals surface area contributed by atoms with Crippen LogP contribution in [0.3, 0.4) is 0 Å². The molecule has 1 aliphatic rings. The average molecular weight is 294 g/mol. The van der Waals surface area contributed by atoms with Gasteiger partial charge in [-0.25, -0.2) is 0 Å². The van der Waals surface area contributed by atoms with Gasteiger partial charge in [-0.1, -0.05) is 6.42 Å². The van der Waals surface area contributed by atoms with E-state index in [4.69, 9.17) is 9.47 Å². The zero-order valence-corrected chi connectivity index (χ0v) is 12.5. The number of hydrogen-bond acceptors (Lipinski definition) is 5. The number of carbonyl (C=O) groups is 2. The molecular weight excluding hydrogens is 270 g/mol. The van der Waals surface area contributed by atoms with Gasteiger partial charge in [-0.05, 0) is 26.7 Å². The molecule has 0 bridgehead atoms. The summed E-state index contributed by atoms with van der Waals surface area (Å²) >= 11 is 0. The second-order valence-corrected chi connectivity index (χ2v) is 4.51. The maximum absolute atomic E-state index is 11.4. The van der Waals surface area contributed by atoms with Crippen molar-refractivity contribution in [2.24, 2.45) is 0 Å². The Morgan fingerprint density at radius 1 is 1.00 bits per heavy atom. The summed E-state index contributed by atoms with van der Waals surface area (Å²) in [7, 11) is 0. The van der Waals surface area contributed by atoms with E-state index >= 15 is 0 Å². The van der Waals surface area contributed by atoms with Crippen molar-refractivity contribution in [1.29, 1.82) is 0 Å². The van der Waals surface area contributed by atoms with Crippen molar-refractivity contribution in [3.63, 3.8) is 0 Å². The smallest absolute Gasteiger partial charge is 0.307 e. The Kier molecular flexibility index (Phi) is 9.61. The van der Waals surface area contributed by atoms with E-state index in [1.54, 1.807) is 13.8 Å². The molecule has 0 saturated carbocycles. The van der Waals surface area contributed by atoms with E-state index in [9.17, 15) is 9.59 Å². The normalized spacial score (nSPS) is 22.2. The SMILES string of the molecule is CCOC(=O)CC1CCCC(CC(=O)OCC)N1.Cl. The molecule has 0 aliphatic carbocycles. The van der Waals surface area contributed by atoms with Gasteiger partial charge in [0.25, 0.3) is 0 Å². The molecule has 6 heteroatoms. The van der Waals surface area contributed by atoms with Gasteiger partial charge in [-0.3, -0.25) is 9.59 Å². The van der Waals surface area contributed by atoms with Gasteiger partial charge in [-0.15, -0.1) is 12.4 Å². The molecule has 0 aromatic carbocycles. The topological polar surface area (TPSA) is 64.6 Å². The minimum absolute atomic E-state index is 0. The van der Waals surface area contributed by atoms with Gasteiger partial charge in [0.05, 0.1) is 26.1 Å². The Bertz CT molecular complexity index is 260. The third-order valence-electron chi connectivity index (χ3n) is 3.01. The van der Waals surface area contributed by atoms with Gasteiger partial charge < -0.3 is 14.8 Å². The summed E-state index contributed by atoms with van der Waals surface area (Å²) in [5.74, 6) is -0.349. The van der Waals surface area contributed by atoms with Gasteiger partial charge in [0, 0.05) is 12.1 Å². The molecule has 2 atom stereocenters. The van der Waals surface area contributed by atoms with Crippen molar-refractivity contribution < 1.29 is 19.1 Å². The number of nitrogens with one attached hydrogen (secondary N) is 1. The van der Waals surface area contributed by atoms with Crippen molar-refractivity contribution in [1.82, 2.24) is 5.32 Å². The highest BCUT2D eigenvalue weighted by Crippen LogP contribution is 2.18. The molecule has 0 amide bonds. The van der Waals surface area contributed by atoms with Crippen molar-refractivity contribution in [3.05, 3.63) is 0 Å². The van der Waals surface area contributed by atoms with Crippen LogP contribution in [0.15, 0.2) is 0 Å². The molecule has 0 spiro atoms. The number of esters is 2. The Hall–Kier alpha value is -0.810. The first-order chi connectivity index (χ1) is 8.65. The summed E-state index contributed by atoms with van der Waals surface area (Å²) in [5.41, 5.74) is 0. The van der Waals surface area contributed by atoms with E-state index < -0.39 is 0 Å². The minimum Gasteiger partial charge on any atom is -0.466 e. The van der Waals surface area contributed by atoms with Crippen molar-refractivity contribution >= 4 is 24.3 Å². The molecule has 19 heavy (non-hydrogen) atoms. The van der Waals surface area contributed by atoms with Gasteiger partial charge in [0.1, 0.15) is 0 Å². The summed E-state index contributed by atoms with van der Waals surface area (Å²) in [4.78, 5) is 22.8. The molecule has 1 heterocycles. The monoisotopic (exact) mass is 293 g/mol. The van der Waals surface area contributed by atoms with Gasteiger partial charge in [-0.2, -0.15) is 0 Å². The Labute approximate surface area is 120 Å². The third-order valence-corrected chi connectivity index (χ3v) is 3.01. The lowest BCUT2D eigenvalue weighted by molar-refractivity contribution is -0.144. The zero-order chi connectivity index (χ0) is 13.4. The van der Waals surface area contributed by atoms with Crippen LogP contribution >= 0.6 is 12.4 Å². The summed E-state index contributed by atoms with van der Waals surface area (Å²) in [6.07, 6.45) is 3.71. The maximum Gasteiger partial charge on any atom is 0.307 e. The summed E-state index contributed by atoms with van der Waals surface area (Å²) < 4.78 is 9.86. The fourth-order valence-electron chi connectivity index (χ4n) is 2.27. The lowest BCUT2D eigenvalue weighted by atomic mass is 9.95. The molecule has 0 radical (unpaired) electrons. The fourth-order valence-corrected chi connectivity index (χ4v) is 2.27. The lowest BCUT2D eigenvalue weighted by Gasteiger charge is -2.30. The van der Waals surface area contributed by atoms with Gasteiger partial charge in [0.15, 0.2) is 0 Å². The van der Waals surface area contributed by atoms with Crippen LogP contribution in [0.5, 0.6) is 0 Å². The first-order valence-electron chi connectivity index (χ1n) is 6.73. The highest BCUT2D eigenvalue weighted by molar-refractivity contribution is 5.85. The molecule has 0 aromatic heterocycles. The van der Waals surface area contributed by atoms with Crippen LogP contribution in [0, 0.1) is 0 Å². The van der Waals surface area contributed by atoms with E-state index in [0.717, 1.165) is 19.3 Å². The molecule has 1 fully saturated rings. The molecule has 0 aromatic rings. The Morgan fingerprint density at radius 2 is 1.42 bits per heavy atom. The quantitative estimate of drug-likeness (QED) is 0.757. The number of rotatable bonds is 6. The molecule has 1 aliphatic heterocycles. The standard InChI is InChI=1S/C13H23NO4.ClH/c1-3-17-12(15)8-10-6-5-7-11(14-10)9-13(16)18-4-2;/h10-11,14H,3-9H2,1-2H3;1H. The van der Waals surface area contributed by atoms with Crippen LogP contribution in [0.1, 0.15) is 46.0 Å². The molecule has 112 valence electrons. The van der Waals surface area contributed by atoms with Crippen LogP contribution in [-0.2, 0) is 19.1 Å². The lowest BCUT2D eigenvalue weighted by Crippen LogP contribution is -2.44. The molecule has 1 rings (SSSR count). The van der Waals surface area contributed by atoms with E-state index in [2.05, 4.69) is 5.32 Å². The summed E-state index contributed by atoms with van der Waals surface area (Å²) in [6.45, 7) is 4.43. The Balaban J connectivity index is 0.00000324. The first kappa shape index (κ1) is 18.2. The minimum atomic E-state index is -0.174. The summed E-state index contributed by atoms with van der Waals surface area (Å²) in [5, 5.41) is 3.33. The number of carbonyl (C=O) groups excluding carboxylic acids is 2. The first-order valence-corrected chi connectivity index (χ1v) is 6.73. The van der Waals surface area contributed by atoms with Crippen LogP contribution in [0.25, 0.3) is 0 Å². The van der Waals surface area contributed by atoms with Crippen molar-refractivity contribution in [2.45, 2.75) is 58.0 Å². The van der Waals surface area contributed by atoms with E-state index in [0.29, 0.717) is 26.1 Å². The van der Waals surface area contributed by atoms with Crippen molar-refractivity contribution in [3.8, 4) is 0 Å². The summed E-state index contributed by atoms with van der Waals surface area (Å²) in [6, 6.07) is 0.245. The number of ether oxygens (including phenoxy) is 2.